The zero-order valence-corrected chi connectivity index (χ0v) is 17.0. The zero-order valence-electron chi connectivity index (χ0n) is 17.0. The van der Waals surface area contributed by atoms with E-state index in [0.717, 1.165) is 11.1 Å². The van der Waals surface area contributed by atoms with Crippen LogP contribution in [0.3, 0.4) is 0 Å². The molecule has 2 amide bonds. The van der Waals surface area contributed by atoms with Crippen LogP contribution >= 0.6 is 0 Å². The largest absolute Gasteiger partial charge is 0.394 e. The predicted octanol–water partition coefficient (Wildman–Crippen LogP) is 2.37. The summed E-state index contributed by atoms with van der Waals surface area (Å²) in [5.74, 6) is 0.131. The normalized spacial score (nSPS) is 13.8. The van der Waals surface area contributed by atoms with Crippen LogP contribution in [0.4, 0.5) is 11.5 Å². The van der Waals surface area contributed by atoms with Crippen LogP contribution in [0.5, 0.6) is 0 Å². The standard InChI is InChI=1S/C24H24N4O3/c29-16-20(11-17-7-3-1-4-8-17)27-24(31)19-12-21-23(25-13-19)26-14-22(30)28(21)15-18-9-5-2-6-10-18/h1-10,12-13,20,29H,11,14-16H2,(H,25,26)(H,27,31)/t20-/m0/s1. The summed E-state index contributed by atoms with van der Waals surface area (Å²) >= 11 is 0. The third kappa shape index (κ3) is 4.90. The lowest BCUT2D eigenvalue weighted by Gasteiger charge is -2.30. The van der Waals surface area contributed by atoms with E-state index in [2.05, 4.69) is 15.6 Å². The number of nitrogens with one attached hydrogen (secondary N) is 2. The first kappa shape index (κ1) is 20.6. The Morgan fingerprint density at radius 2 is 1.77 bits per heavy atom. The average molecular weight is 416 g/mol. The molecule has 0 bridgehead atoms. The van der Waals surface area contributed by atoms with Gasteiger partial charge in [0.2, 0.25) is 5.91 Å². The van der Waals surface area contributed by atoms with Gasteiger partial charge in [-0.1, -0.05) is 60.7 Å². The Kier molecular flexibility index (Phi) is 6.24. The van der Waals surface area contributed by atoms with E-state index in [1.165, 1.54) is 6.20 Å². The van der Waals surface area contributed by atoms with Crippen molar-refractivity contribution in [3.8, 4) is 0 Å². The van der Waals surface area contributed by atoms with E-state index in [0.29, 0.717) is 30.0 Å². The minimum absolute atomic E-state index is 0.0898. The van der Waals surface area contributed by atoms with Crippen LogP contribution in [0.15, 0.2) is 72.9 Å². The number of nitrogens with zero attached hydrogens (tertiary/aromatic N) is 2. The van der Waals surface area contributed by atoms with Crippen LogP contribution < -0.4 is 15.5 Å². The summed E-state index contributed by atoms with van der Waals surface area (Å²) in [6, 6.07) is 20.6. The summed E-state index contributed by atoms with van der Waals surface area (Å²) in [4.78, 5) is 31.4. The van der Waals surface area contributed by atoms with Gasteiger partial charge in [0, 0.05) is 6.20 Å². The summed E-state index contributed by atoms with van der Waals surface area (Å²) in [5, 5.41) is 15.6. The number of pyridine rings is 1. The van der Waals surface area contributed by atoms with Gasteiger partial charge in [0.25, 0.3) is 5.91 Å². The second-order valence-electron chi connectivity index (χ2n) is 7.45. The second-order valence-corrected chi connectivity index (χ2v) is 7.45. The average Bonchev–Trinajstić information content (AvgIpc) is 2.81. The molecule has 7 heteroatoms. The van der Waals surface area contributed by atoms with E-state index in [9.17, 15) is 14.7 Å². The number of anilines is 2. The summed E-state index contributed by atoms with van der Waals surface area (Å²) in [5.41, 5.74) is 2.91. The van der Waals surface area contributed by atoms with Crippen LogP contribution in [-0.2, 0) is 17.8 Å². The number of rotatable bonds is 7. The number of aliphatic hydroxyl groups excluding tert-OH is 1. The number of aliphatic hydroxyl groups is 1. The summed E-state index contributed by atoms with van der Waals surface area (Å²) in [6.07, 6.45) is 2.00. The molecule has 4 rings (SSSR count). The molecule has 2 aromatic carbocycles. The number of aromatic nitrogens is 1. The molecule has 1 atom stereocenters. The van der Waals surface area contributed by atoms with Gasteiger partial charge in [-0.25, -0.2) is 4.98 Å². The molecule has 0 radical (unpaired) electrons. The van der Waals surface area contributed by atoms with Crippen molar-refractivity contribution in [3.63, 3.8) is 0 Å². The quantitative estimate of drug-likeness (QED) is 0.550. The van der Waals surface area contributed by atoms with Crippen LogP contribution in [0.2, 0.25) is 0 Å². The number of carbonyl (C=O) groups is 2. The summed E-state index contributed by atoms with van der Waals surface area (Å²) in [7, 11) is 0. The molecule has 3 aromatic rings. The molecule has 1 aliphatic heterocycles. The van der Waals surface area contributed by atoms with Crippen molar-refractivity contribution in [2.75, 3.05) is 23.4 Å². The molecular weight excluding hydrogens is 392 g/mol. The molecule has 3 N–H and O–H groups in total. The molecule has 1 aliphatic rings. The molecule has 31 heavy (non-hydrogen) atoms. The lowest BCUT2D eigenvalue weighted by molar-refractivity contribution is -0.117. The number of hydrogen-bond acceptors (Lipinski definition) is 5. The van der Waals surface area contributed by atoms with Crippen LogP contribution in [0, 0.1) is 0 Å². The molecule has 0 saturated heterocycles. The maximum absolute atomic E-state index is 12.9. The van der Waals surface area contributed by atoms with Gasteiger partial charge in [-0.05, 0) is 23.6 Å². The summed E-state index contributed by atoms with van der Waals surface area (Å²) < 4.78 is 0. The van der Waals surface area contributed by atoms with Crippen molar-refractivity contribution >= 4 is 23.3 Å². The molecule has 0 aliphatic carbocycles. The molecule has 0 saturated carbocycles. The minimum Gasteiger partial charge on any atom is -0.394 e. The first-order valence-electron chi connectivity index (χ1n) is 10.2. The third-order valence-electron chi connectivity index (χ3n) is 5.19. The second kappa shape index (κ2) is 9.40. The van der Waals surface area contributed by atoms with Crippen LogP contribution in [0.25, 0.3) is 0 Å². The number of benzene rings is 2. The molecule has 2 heterocycles. The van der Waals surface area contributed by atoms with Gasteiger partial charge in [-0.3, -0.25) is 9.59 Å². The Balaban J connectivity index is 1.53. The van der Waals surface area contributed by atoms with Crippen molar-refractivity contribution in [2.24, 2.45) is 0 Å². The van der Waals surface area contributed by atoms with E-state index in [1.807, 2.05) is 60.7 Å². The van der Waals surface area contributed by atoms with Crippen molar-refractivity contribution in [3.05, 3.63) is 89.6 Å². The van der Waals surface area contributed by atoms with Gasteiger partial charge < -0.3 is 20.6 Å². The first-order valence-corrected chi connectivity index (χ1v) is 10.2. The van der Waals surface area contributed by atoms with E-state index >= 15 is 0 Å². The number of fused-ring (bicyclic) bond motifs is 1. The lowest BCUT2D eigenvalue weighted by atomic mass is 10.1. The Morgan fingerprint density at radius 3 is 2.45 bits per heavy atom. The highest BCUT2D eigenvalue weighted by molar-refractivity contribution is 6.04. The predicted molar refractivity (Wildman–Crippen MR) is 119 cm³/mol. The number of carbonyl (C=O) groups excluding carboxylic acids is 2. The van der Waals surface area contributed by atoms with E-state index in [1.54, 1.807) is 11.0 Å². The fourth-order valence-corrected chi connectivity index (χ4v) is 3.58. The topological polar surface area (TPSA) is 94.6 Å². The van der Waals surface area contributed by atoms with Crippen molar-refractivity contribution in [1.29, 1.82) is 0 Å². The minimum atomic E-state index is -0.425. The SMILES string of the molecule is O=C(N[C@H](CO)Cc1ccccc1)c1cnc2c(c1)N(Cc1ccccc1)C(=O)CN2. The lowest BCUT2D eigenvalue weighted by Crippen LogP contribution is -2.41. The maximum atomic E-state index is 12.9. The van der Waals surface area contributed by atoms with E-state index < -0.39 is 6.04 Å². The Hall–Kier alpha value is -3.71. The van der Waals surface area contributed by atoms with Gasteiger partial charge in [-0.2, -0.15) is 0 Å². The molecule has 0 fully saturated rings. The zero-order chi connectivity index (χ0) is 21.6. The first-order chi connectivity index (χ1) is 15.1. The van der Waals surface area contributed by atoms with Crippen molar-refractivity contribution in [2.45, 2.75) is 19.0 Å². The van der Waals surface area contributed by atoms with Crippen molar-refractivity contribution in [1.82, 2.24) is 10.3 Å². The molecular formula is C24H24N4O3. The number of amides is 2. The Labute approximate surface area is 180 Å². The van der Waals surface area contributed by atoms with E-state index in [-0.39, 0.29) is 25.0 Å². The van der Waals surface area contributed by atoms with Gasteiger partial charge in [0.15, 0.2) is 5.82 Å². The Bertz CT molecular complexity index is 1060. The fourth-order valence-electron chi connectivity index (χ4n) is 3.58. The van der Waals surface area contributed by atoms with Crippen molar-refractivity contribution < 1.29 is 14.7 Å². The molecule has 0 spiro atoms. The van der Waals surface area contributed by atoms with Crippen LogP contribution in [0.1, 0.15) is 21.5 Å². The van der Waals surface area contributed by atoms with Gasteiger partial charge in [0.1, 0.15) is 0 Å². The molecule has 1 aromatic heterocycles. The smallest absolute Gasteiger partial charge is 0.253 e. The van der Waals surface area contributed by atoms with E-state index in [4.69, 9.17) is 0 Å². The van der Waals surface area contributed by atoms with Crippen LogP contribution in [-0.4, -0.2) is 41.1 Å². The maximum Gasteiger partial charge on any atom is 0.253 e. The van der Waals surface area contributed by atoms with Gasteiger partial charge >= 0.3 is 0 Å². The molecule has 0 unspecified atom stereocenters. The highest BCUT2D eigenvalue weighted by Gasteiger charge is 2.26. The highest BCUT2D eigenvalue weighted by atomic mass is 16.3. The number of hydrogen-bond donors (Lipinski definition) is 3. The van der Waals surface area contributed by atoms with Gasteiger partial charge in [-0.15, -0.1) is 0 Å². The summed E-state index contributed by atoms with van der Waals surface area (Å²) in [6.45, 7) is 0.371. The van der Waals surface area contributed by atoms with Gasteiger partial charge in [0.05, 0.1) is 37.0 Å². The molecule has 158 valence electrons. The highest BCUT2D eigenvalue weighted by Crippen LogP contribution is 2.29. The monoisotopic (exact) mass is 416 g/mol. The molecule has 7 nitrogen and oxygen atoms in total. The fraction of sp³-hybridized carbons (Fsp3) is 0.208. The third-order valence-corrected chi connectivity index (χ3v) is 5.19. The Morgan fingerprint density at radius 1 is 1.10 bits per heavy atom.